The lowest BCUT2D eigenvalue weighted by Gasteiger charge is -2.31. The minimum Gasteiger partial charge on any atom is -0.354 e. The van der Waals surface area contributed by atoms with Crippen molar-refractivity contribution in [1.29, 1.82) is 0 Å². The van der Waals surface area contributed by atoms with E-state index in [9.17, 15) is 22.4 Å². The minimum absolute atomic E-state index is 0.0433. The Balaban J connectivity index is 2.36. The fourth-order valence-corrected chi connectivity index (χ4v) is 4.18. The third-order valence-corrected chi connectivity index (χ3v) is 6.51. The molecule has 0 unspecified atom stereocenters. The summed E-state index contributed by atoms with van der Waals surface area (Å²) in [4.78, 5) is 27.5. The highest BCUT2D eigenvalue weighted by atomic mass is 32.2. The molecule has 0 heterocycles. The summed E-state index contributed by atoms with van der Waals surface area (Å²) in [7, 11) is -3.89. The van der Waals surface area contributed by atoms with E-state index >= 15 is 0 Å². The van der Waals surface area contributed by atoms with Crippen LogP contribution in [-0.4, -0.2) is 50.5 Å². The van der Waals surface area contributed by atoms with E-state index in [0.29, 0.717) is 6.54 Å². The second-order valence-corrected chi connectivity index (χ2v) is 9.92. The number of sulfonamides is 1. The number of halogens is 1. The van der Waals surface area contributed by atoms with Crippen LogP contribution in [0, 0.1) is 12.7 Å². The molecular formula is C24H32FN3O4S. The number of nitrogens with zero attached hydrogens (tertiary/aromatic N) is 2. The summed E-state index contributed by atoms with van der Waals surface area (Å²) >= 11 is 0. The molecule has 0 saturated carbocycles. The SMILES string of the molecule is CCCCNC(=O)[C@@H](C)N(Cc1ccccc1C)C(=O)CN(c1cccc(F)c1)S(C)(=O)=O. The van der Waals surface area contributed by atoms with Crippen molar-refractivity contribution in [2.45, 2.75) is 46.2 Å². The van der Waals surface area contributed by atoms with Gasteiger partial charge in [-0.05, 0) is 49.6 Å². The van der Waals surface area contributed by atoms with Crippen LogP contribution in [0.1, 0.15) is 37.8 Å². The van der Waals surface area contributed by atoms with E-state index in [4.69, 9.17) is 0 Å². The lowest BCUT2D eigenvalue weighted by Crippen LogP contribution is -2.51. The quantitative estimate of drug-likeness (QED) is 0.504. The molecule has 0 aliphatic heterocycles. The summed E-state index contributed by atoms with van der Waals surface area (Å²) in [5.74, 6) is -1.50. The van der Waals surface area contributed by atoms with Crippen LogP contribution in [0.15, 0.2) is 48.5 Å². The van der Waals surface area contributed by atoms with Crippen molar-refractivity contribution in [3.63, 3.8) is 0 Å². The maximum Gasteiger partial charge on any atom is 0.244 e. The molecule has 0 aromatic heterocycles. The number of anilines is 1. The van der Waals surface area contributed by atoms with Crippen LogP contribution in [0.25, 0.3) is 0 Å². The minimum atomic E-state index is -3.89. The molecule has 0 bridgehead atoms. The van der Waals surface area contributed by atoms with Crippen molar-refractivity contribution in [2.75, 3.05) is 23.7 Å². The molecule has 0 aliphatic rings. The Labute approximate surface area is 195 Å². The Morgan fingerprint density at radius 3 is 2.42 bits per heavy atom. The van der Waals surface area contributed by atoms with Crippen molar-refractivity contribution in [2.24, 2.45) is 0 Å². The van der Waals surface area contributed by atoms with Crippen molar-refractivity contribution < 1.29 is 22.4 Å². The molecule has 0 fully saturated rings. The van der Waals surface area contributed by atoms with Gasteiger partial charge >= 0.3 is 0 Å². The maximum atomic E-state index is 13.8. The highest BCUT2D eigenvalue weighted by Gasteiger charge is 2.30. The average molecular weight is 478 g/mol. The van der Waals surface area contributed by atoms with E-state index in [1.807, 2.05) is 38.1 Å². The number of aryl methyl sites for hydroxylation is 1. The molecule has 1 atom stereocenters. The van der Waals surface area contributed by atoms with E-state index < -0.39 is 34.3 Å². The van der Waals surface area contributed by atoms with E-state index in [1.165, 1.54) is 23.1 Å². The second-order valence-electron chi connectivity index (χ2n) is 8.02. The predicted molar refractivity (Wildman–Crippen MR) is 128 cm³/mol. The number of amides is 2. The van der Waals surface area contributed by atoms with Crippen molar-refractivity contribution >= 4 is 27.5 Å². The van der Waals surface area contributed by atoms with Crippen LogP contribution in [0.3, 0.4) is 0 Å². The summed E-state index contributed by atoms with van der Waals surface area (Å²) in [5, 5.41) is 2.83. The number of hydrogen-bond donors (Lipinski definition) is 1. The molecule has 7 nitrogen and oxygen atoms in total. The Morgan fingerprint density at radius 2 is 1.82 bits per heavy atom. The molecule has 1 N–H and O–H groups in total. The highest BCUT2D eigenvalue weighted by Crippen LogP contribution is 2.20. The Hall–Kier alpha value is -2.94. The first-order chi connectivity index (χ1) is 15.5. The largest absolute Gasteiger partial charge is 0.354 e. The fraction of sp³-hybridized carbons (Fsp3) is 0.417. The van der Waals surface area contributed by atoms with Crippen LogP contribution in [0.2, 0.25) is 0 Å². The van der Waals surface area contributed by atoms with Gasteiger partial charge in [-0.15, -0.1) is 0 Å². The Kier molecular flexibility index (Phi) is 9.40. The van der Waals surface area contributed by atoms with Gasteiger partial charge in [-0.25, -0.2) is 12.8 Å². The zero-order chi connectivity index (χ0) is 24.6. The lowest BCUT2D eigenvalue weighted by atomic mass is 10.1. The number of nitrogens with one attached hydrogen (secondary N) is 1. The van der Waals surface area contributed by atoms with Crippen LogP contribution in [0.4, 0.5) is 10.1 Å². The van der Waals surface area contributed by atoms with E-state index in [2.05, 4.69) is 5.32 Å². The molecule has 33 heavy (non-hydrogen) atoms. The van der Waals surface area contributed by atoms with Gasteiger partial charge < -0.3 is 10.2 Å². The first-order valence-corrected chi connectivity index (χ1v) is 12.7. The number of carbonyl (C=O) groups excluding carboxylic acids is 2. The number of rotatable bonds is 11. The summed E-state index contributed by atoms with van der Waals surface area (Å²) in [6, 6.07) is 11.7. The van der Waals surface area contributed by atoms with Crippen molar-refractivity contribution in [1.82, 2.24) is 10.2 Å². The predicted octanol–water partition coefficient (Wildman–Crippen LogP) is 3.23. The van der Waals surface area contributed by atoms with E-state index in [1.54, 1.807) is 6.92 Å². The molecule has 2 aromatic carbocycles. The smallest absolute Gasteiger partial charge is 0.244 e. The van der Waals surface area contributed by atoms with Gasteiger partial charge in [0.25, 0.3) is 0 Å². The molecule has 9 heteroatoms. The van der Waals surface area contributed by atoms with Gasteiger partial charge in [0.1, 0.15) is 18.4 Å². The van der Waals surface area contributed by atoms with Gasteiger partial charge in [0, 0.05) is 13.1 Å². The fourth-order valence-electron chi connectivity index (χ4n) is 3.33. The molecule has 0 aliphatic carbocycles. The molecule has 0 spiro atoms. The van der Waals surface area contributed by atoms with E-state index in [0.717, 1.165) is 40.6 Å². The normalized spacial score (nSPS) is 12.2. The highest BCUT2D eigenvalue weighted by molar-refractivity contribution is 7.92. The third-order valence-electron chi connectivity index (χ3n) is 5.37. The lowest BCUT2D eigenvalue weighted by molar-refractivity contribution is -0.139. The van der Waals surface area contributed by atoms with Gasteiger partial charge in [-0.3, -0.25) is 13.9 Å². The van der Waals surface area contributed by atoms with Crippen LogP contribution >= 0.6 is 0 Å². The van der Waals surface area contributed by atoms with Crippen molar-refractivity contribution in [3.8, 4) is 0 Å². The molecule has 2 rings (SSSR count). The third kappa shape index (κ3) is 7.56. The molecule has 2 amide bonds. The Morgan fingerprint density at radius 1 is 1.12 bits per heavy atom. The molecule has 0 radical (unpaired) electrons. The summed E-state index contributed by atoms with van der Waals surface area (Å²) in [6.07, 6.45) is 2.68. The van der Waals surface area contributed by atoms with Crippen LogP contribution in [0.5, 0.6) is 0 Å². The zero-order valence-corrected chi connectivity index (χ0v) is 20.4. The zero-order valence-electron chi connectivity index (χ0n) is 19.5. The Bertz CT molecular complexity index is 1070. The second kappa shape index (κ2) is 11.8. The molecule has 2 aromatic rings. The number of unbranched alkanes of at least 4 members (excludes halogenated alkanes) is 1. The van der Waals surface area contributed by atoms with Gasteiger partial charge in [0.2, 0.25) is 21.8 Å². The number of carbonyl (C=O) groups is 2. The number of benzene rings is 2. The summed E-state index contributed by atoms with van der Waals surface area (Å²) < 4.78 is 39.5. The van der Waals surface area contributed by atoms with E-state index in [-0.39, 0.29) is 18.1 Å². The molecule has 0 saturated heterocycles. The van der Waals surface area contributed by atoms with Gasteiger partial charge in [0.15, 0.2) is 0 Å². The van der Waals surface area contributed by atoms with Gasteiger partial charge in [0.05, 0.1) is 11.9 Å². The first kappa shape index (κ1) is 26.3. The number of hydrogen-bond acceptors (Lipinski definition) is 4. The topological polar surface area (TPSA) is 86.8 Å². The average Bonchev–Trinajstić information content (AvgIpc) is 2.75. The van der Waals surface area contributed by atoms with Crippen LogP contribution in [-0.2, 0) is 26.2 Å². The summed E-state index contributed by atoms with van der Waals surface area (Å²) in [5.41, 5.74) is 1.83. The van der Waals surface area contributed by atoms with Gasteiger partial charge in [-0.2, -0.15) is 0 Å². The monoisotopic (exact) mass is 477 g/mol. The summed E-state index contributed by atoms with van der Waals surface area (Å²) in [6.45, 7) is 5.60. The molecular weight excluding hydrogens is 445 g/mol. The first-order valence-electron chi connectivity index (χ1n) is 10.9. The van der Waals surface area contributed by atoms with Crippen molar-refractivity contribution in [3.05, 3.63) is 65.5 Å². The maximum absolute atomic E-state index is 13.8. The van der Waals surface area contributed by atoms with Crippen LogP contribution < -0.4 is 9.62 Å². The standard InChI is InChI=1S/C24H32FN3O4S/c1-5-6-14-26-24(30)19(3)27(16-20-11-8-7-10-18(20)2)23(29)17-28(33(4,31)32)22-13-9-12-21(25)15-22/h7-13,15,19H,5-6,14,16-17H2,1-4H3,(H,26,30)/t19-/m1/s1. The molecule has 180 valence electrons. The van der Waals surface area contributed by atoms with Gasteiger partial charge in [-0.1, -0.05) is 43.7 Å².